The van der Waals surface area contributed by atoms with Crippen LogP contribution < -0.4 is 9.73 Å². The first-order valence-electron chi connectivity index (χ1n) is 11.3. The summed E-state index contributed by atoms with van der Waals surface area (Å²) in [7, 11) is -4.04. The molecule has 0 atom stereocenters. The zero-order chi connectivity index (χ0) is 26.6. The van der Waals surface area contributed by atoms with E-state index in [0.717, 1.165) is 26.9 Å². The van der Waals surface area contributed by atoms with Crippen molar-refractivity contribution >= 4 is 51.0 Å². The van der Waals surface area contributed by atoms with Gasteiger partial charge in [0, 0.05) is 32.7 Å². The minimum atomic E-state index is -4.04. The third kappa shape index (κ3) is 6.05. The van der Waals surface area contributed by atoms with Gasteiger partial charge in [0.2, 0.25) is 0 Å². The molecule has 4 aromatic rings. The fourth-order valence-corrected chi connectivity index (χ4v) is 5.66. The molecule has 10 heteroatoms. The van der Waals surface area contributed by atoms with Gasteiger partial charge in [-0.2, -0.15) is 5.10 Å². The molecule has 1 aromatic heterocycles. The van der Waals surface area contributed by atoms with Crippen LogP contribution in [0, 0.1) is 13.8 Å². The van der Waals surface area contributed by atoms with Crippen LogP contribution in [0.5, 0.6) is 0 Å². The average Bonchev–Trinajstić information content (AvgIpc) is 3.16. The predicted octanol–water partition coefficient (Wildman–Crippen LogP) is 5.75. The van der Waals surface area contributed by atoms with E-state index in [2.05, 4.69) is 10.5 Å². The lowest BCUT2D eigenvalue weighted by Crippen LogP contribution is -2.39. The Bertz CT molecular complexity index is 1550. The van der Waals surface area contributed by atoms with Crippen LogP contribution in [0.3, 0.4) is 0 Å². The van der Waals surface area contributed by atoms with Crippen LogP contribution in [0.25, 0.3) is 5.69 Å². The average molecular weight is 555 g/mol. The van der Waals surface area contributed by atoms with Crippen molar-refractivity contribution in [1.29, 1.82) is 0 Å². The van der Waals surface area contributed by atoms with Gasteiger partial charge in [-0.15, -0.1) is 0 Å². The molecule has 7 nitrogen and oxygen atoms in total. The molecule has 0 bridgehead atoms. The first-order valence-corrected chi connectivity index (χ1v) is 13.5. The maximum Gasteiger partial charge on any atom is 0.264 e. The number of benzene rings is 3. The zero-order valence-corrected chi connectivity index (χ0v) is 22.4. The van der Waals surface area contributed by atoms with E-state index < -0.39 is 22.5 Å². The smallest absolute Gasteiger partial charge is 0.264 e. The number of sulfonamides is 1. The van der Waals surface area contributed by atoms with Crippen LogP contribution >= 0.6 is 23.2 Å². The van der Waals surface area contributed by atoms with E-state index in [4.69, 9.17) is 23.2 Å². The molecule has 0 saturated carbocycles. The number of amides is 1. The molecule has 0 aliphatic carbocycles. The molecule has 0 aliphatic rings. The van der Waals surface area contributed by atoms with Gasteiger partial charge in [0.25, 0.3) is 15.9 Å². The van der Waals surface area contributed by atoms with Crippen molar-refractivity contribution in [2.45, 2.75) is 18.7 Å². The van der Waals surface area contributed by atoms with Gasteiger partial charge in [-0.3, -0.25) is 9.10 Å². The Morgan fingerprint density at radius 1 is 0.946 bits per heavy atom. The van der Waals surface area contributed by atoms with Crippen LogP contribution in [-0.2, 0) is 14.8 Å². The third-order valence-electron chi connectivity index (χ3n) is 5.66. The molecule has 0 spiro atoms. The Balaban J connectivity index is 1.54. The summed E-state index contributed by atoms with van der Waals surface area (Å²) in [5.74, 6) is -0.609. The largest absolute Gasteiger partial charge is 0.318 e. The second-order valence-corrected chi connectivity index (χ2v) is 11.0. The number of hydrogen-bond donors (Lipinski definition) is 1. The van der Waals surface area contributed by atoms with E-state index in [1.165, 1.54) is 24.4 Å². The van der Waals surface area contributed by atoms with E-state index >= 15 is 0 Å². The highest BCUT2D eigenvalue weighted by Crippen LogP contribution is 2.26. The molecule has 1 heterocycles. The van der Waals surface area contributed by atoms with E-state index in [0.29, 0.717) is 10.0 Å². The first-order chi connectivity index (χ1) is 17.7. The predicted molar refractivity (Wildman–Crippen MR) is 148 cm³/mol. The number of aromatic nitrogens is 1. The summed E-state index contributed by atoms with van der Waals surface area (Å²) in [4.78, 5) is 12.9. The maximum absolute atomic E-state index is 13.4. The lowest BCUT2D eigenvalue weighted by molar-refractivity contribution is -0.119. The Morgan fingerprint density at radius 3 is 2.32 bits per heavy atom. The minimum absolute atomic E-state index is 0.0564. The number of anilines is 1. The minimum Gasteiger partial charge on any atom is -0.318 e. The fourth-order valence-electron chi connectivity index (χ4n) is 3.91. The van der Waals surface area contributed by atoms with Crippen LogP contribution in [-0.4, -0.2) is 31.7 Å². The SMILES string of the molecule is Cc1cc(/C=N\NC(=O)CN(c2cccc(Cl)c2)S(=O)(=O)c2ccccc2)c(C)n1-c1ccc(Cl)cc1. The molecule has 0 unspecified atom stereocenters. The van der Waals surface area contributed by atoms with Crippen LogP contribution in [0.1, 0.15) is 17.0 Å². The van der Waals surface area contributed by atoms with Gasteiger partial charge in [-0.1, -0.05) is 47.5 Å². The third-order valence-corrected chi connectivity index (χ3v) is 7.94. The van der Waals surface area contributed by atoms with Crippen LogP contribution in [0.15, 0.2) is 94.9 Å². The van der Waals surface area contributed by atoms with E-state index in [1.807, 2.05) is 48.7 Å². The number of nitrogens with zero attached hydrogens (tertiary/aromatic N) is 3. The number of carbonyl (C=O) groups is 1. The van der Waals surface area contributed by atoms with Gasteiger partial charge in [0.15, 0.2) is 0 Å². The summed E-state index contributed by atoms with van der Waals surface area (Å²) in [6, 6.07) is 23.6. The molecule has 3 aromatic carbocycles. The summed E-state index contributed by atoms with van der Waals surface area (Å²) >= 11 is 12.1. The molecule has 4 rings (SSSR count). The van der Waals surface area contributed by atoms with E-state index in [-0.39, 0.29) is 10.6 Å². The number of rotatable bonds is 8. The van der Waals surface area contributed by atoms with Gasteiger partial charge in [-0.25, -0.2) is 13.8 Å². The van der Waals surface area contributed by atoms with Crippen molar-refractivity contribution in [3.05, 3.63) is 112 Å². The number of hydrazone groups is 1. The lowest BCUT2D eigenvalue weighted by atomic mass is 10.2. The molecular formula is C27H24Cl2N4O3S. The van der Waals surface area contributed by atoms with Crippen molar-refractivity contribution in [1.82, 2.24) is 9.99 Å². The summed E-state index contributed by atoms with van der Waals surface area (Å²) in [6.07, 6.45) is 1.53. The summed E-state index contributed by atoms with van der Waals surface area (Å²) in [6.45, 7) is 3.42. The Hall–Kier alpha value is -3.59. The highest BCUT2D eigenvalue weighted by Gasteiger charge is 2.27. The van der Waals surface area contributed by atoms with Gasteiger partial charge in [0.05, 0.1) is 16.8 Å². The normalized spacial score (nSPS) is 11.6. The quantitative estimate of drug-likeness (QED) is 0.222. The number of halogens is 2. The van der Waals surface area contributed by atoms with E-state index in [9.17, 15) is 13.2 Å². The second-order valence-electron chi connectivity index (χ2n) is 8.24. The van der Waals surface area contributed by atoms with Gasteiger partial charge in [-0.05, 0) is 74.5 Å². The van der Waals surface area contributed by atoms with Crippen LogP contribution in [0.4, 0.5) is 5.69 Å². The van der Waals surface area contributed by atoms with Crippen molar-refractivity contribution in [2.24, 2.45) is 5.10 Å². The summed E-state index contributed by atoms with van der Waals surface area (Å²) in [5, 5.41) is 5.07. The topological polar surface area (TPSA) is 83.8 Å². The van der Waals surface area contributed by atoms with Gasteiger partial charge >= 0.3 is 0 Å². The Morgan fingerprint density at radius 2 is 1.65 bits per heavy atom. The zero-order valence-electron chi connectivity index (χ0n) is 20.1. The van der Waals surface area contributed by atoms with Gasteiger partial charge in [0.1, 0.15) is 6.54 Å². The maximum atomic E-state index is 13.4. The molecule has 0 saturated heterocycles. The Labute approximate surface area is 226 Å². The van der Waals surface area contributed by atoms with Crippen molar-refractivity contribution in [3.8, 4) is 5.69 Å². The molecule has 0 radical (unpaired) electrons. The molecule has 37 heavy (non-hydrogen) atoms. The highest BCUT2D eigenvalue weighted by atomic mass is 35.5. The van der Waals surface area contributed by atoms with E-state index in [1.54, 1.807) is 36.4 Å². The van der Waals surface area contributed by atoms with Gasteiger partial charge < -0.3 is 4.57 Å². The Kier molecular flexibility index (Phi) is 8.02. The molecule has 0 aliphatic heterocycles. The van der Waals surface area contributed by atoms with Crippen molar-refractivity contribution < 1.29 is 13.2 Å². The molecule has 1 amide bonds. The first kappa shape index (κ1) is 26.5. The number of nitrogens with one attached hydrogen (secondary N) is 1. The lowest BCUT2D eigenvalue weighted by Gasteiger charge is -2.23. The molecule has 190 valence electrons. The number of aryl methyl sites for hydroxylation is 1. The van der Waals surface area contributed by atoms with Crippen molar-refractivity contribution in [2.75, 3.05) is 10.8 Å². The number of hydrogen-bond acceptors (Lipinski definition) is 4. The van der Waals surface area contributed by atoms with Crippen molar-refractivity contribution in [3.63, 3.8) is 0 Å². The fraction of sp³-hybridized carbons (Fsp3) is 0.111. The highest BCUT2D eigenvalue weighted by molar-refractivity contribution is 7.92. The molecule has 0 fully saturated rings. The number of carbonyl (C=O) groups excluding carboxylic acids is 1. The molecular weight excluding hydrogens is 531 g/mol. The standard InChI is InChI=1S/C27H24Cl2N4O3S/c1-19-15-21(20(2)33(19)24-13-11-22(28)12-14-24)17-30-31-27(34)18-32(25-8-6-7-23(29)16-25)37(35,36)26-9-4-3-5-10-26/h3-17H,18H2,1-2H3,(H,31,34)/b30-17-. The summed E-state index contributed by atoms with van der Waals surface area (Å²) < 4.78 is 29.8. The monoisotopic (exact) mass is 554 g/mol. The molecule has 1 N–H and O–H groups in total. The van der Waals surface area contributed by atoms with Crippen LogP contribution in [0.2, 0.25) is 10.0 Å². The summed E-state index contributed by atoms with van der Waals surface area (Å²) in [5.41, 5.74) is 6.36. The second kappa shape index (κ2) is 11.2.